The standard InChI is InChI=1S/C24H33N3O4/c1-18-7-6-8-19(2)24(18)25-23(29)16-27-13-11-26(12-14-27)15-20(28)17-31-22-10-5-4-9-21(22)30-3/h4-10,20,28H,11-17H2,1-3H3,(H,25,29)/i1D3,2D3,3D3,6D,7D,8D. The minimum atomic E-state index is -3.02. The Labute approximate surface area is 201 Å². The van der Waals surface area contributed by atoms with Gasteiger partial charge in [0.05, 0.1) is 21.8 Å². The molecule has 1 fully saturated rings. The Morgan fingerprint density at radius 1 is 1.16 bits per heavy atom. The SMILES string of the molecule is [2H]c1c([2H])c(C([2H])([2H])[2H])c(NC(=O)CN2CCN(CC(O)COc3ccccc3OC([2H])([2H])[2H])CC2)c(C([2H])([2H])[2H])c1[2H]. The van der Waals surface area contributed by atoms with Crippen LogP contribution in [0.5, 0.6) is 11.5 Å². The lowest BCUT2D eigenvalue weighted by atomic mass is 10.1. The molecule has 0 spiro atoms. The number of anilines is 1. The quantitative estimate of drug-likeness (QED) is 0.625. The number of aliphatic hydroxyl groups is 1. The van der Waals surface area contributed by atoms with Crippen LogP contribution in [0.2, 0.25) is 0 Å². The van der Waals surface area contributed by atoms with Crippen molar-refractivity contribution in [2.75, 3.05) is 58.2 Å². The van der Waals surface area contributed by atoms with Gasteiger partial charge in [0.15, 0.2) is 11.5 Å². The Morgan fingerprint density at radius 2 is 1.84 bits per heavy atom. The first kappa shape index (κ1) is 11.9. The van der Waals surface area contributed by atoms with Gasteiger partial charge < -0.3 is 19.9 Å². The molecule has 7 heteroatoms. The van der Waals surface area contributed by atoms with Gasteiger partial charge in [-0.1, -0.05) is 30.3 Å². The molecule has 7 nitrogen and oxygen atoms in total. The summed E-state index contributed by atoms with van der Waals surface area (Å²) in [4.78, 5) is 16.6. The zero-order valence-electron chi connectivity index (χ0n) is 28.9. The third kappa shape index (κ3) is 6.69. The van der Waals surface area contributed by atoms with E-state index >= 15 is 0 Å². The monoisotopic (exact) mass is 439 g/mol. The number of nitrogens with zero attached hydrogens (tertiary/aromatic N) is 2. The number of rotatable bonds is 9. The van der Waals surface area contributed by atoms with Gasteiger partial charge in [0, 0.05) is 46.6 Å². The Morgan fingerprint density at radius 3 is 2.52 bits per heavy atom. The van der Waals surface area contributed by atoms with Crippen LogP contribution in [-0.4, -0.2) is 79.8 Å². The number of carbonyl (C=O) groups is 1. The number of ether oxygens (including phenoxy) is 2. The van der Waals surface area contributed by atoms with E-state index in [2.05, 4.69) is 5.32 Å². The number of methoxy groups -OCH3 is 1. The normalized spacial score (nSPS) is 22.9. The summed E-state index contributed by atoms with van der Waals surface area (Å²) in [5.74, 6) is -0.552. The molecular formula is C24H33N3O4. The van der Waals surface area contributed by atoms with Crippen LogP contribution in [0.3, 0.4) is 0 Å². The molecule has 1 unspecified atom stereocenters. The van der Waals surface area contributed by atoms with E-state index in [9.17, 15) is 9.90 Å². The van der Waals surface area contributed by atoms with Gasteiger partial charge >= 0.3 is 0 Å². The molecule has 0 bridgehead atoms. The number of piperazine rings is 1. The Balaban J connectivity index is 1.59. The molecule has 1 atom stereocenters. The molecule has 0 aromatic heterocycles. The van der Waals surface area contributed by atoms with E-state index in [1.54, 1.807) is 17.0 Å². The highest BCUT2D eigenvalue weighted by molar-refractivity contribution is 5.93. The minimum absolute atomic E-state index is 0.0205. The summed E-state index contributed by atoms with van der Waals surface area (Å²) < 4.78 is 103. The average Bonchev–Trinajstić information content (AvgIpc) is 2.85. The number of β-amino-alcohol motifs (C(OH)–C–C–N with tert-alkyl or cyclic N) is 1. The molecule has 2 aromatic rings. The van der Waals surface area contributed by atoms with Crippen molar-refractivity contribution >= 4 is 11.6 Å². The summed E-state index contributed by atoms with van der Waals surface area (Å²) in [5.41, 5.74) is -2.27. The van der Waals surface area contributed by atoms with Crippen LogP contribution < -0.4 is 14.8 Å². The van der Waals surface area contributed by atoms with Crippen molar-refractivity contribution in [3.8, 4) is 11.5 Å². The second kappa shape index (κ2) is 11.1. The van der Waals surface area contributed by atoms with Crippen molar-refractivity contribution in [2.24, 2.45) is 0 Å². The molecular weight excluding hydrogens is 394 g/mol. The van der Waals surface area contributed by atoms with E-state index in [4.69, 9.17) is 25.9 Å². The Bertz CT molecular complexity index is 1250. The smallest absolute Gasteiger partial charge is 0.238 e. The number of amides is 1. The highest BCUT2D eigenvalue weighted by atomic mass is 16.5. The topological polar surface area (TPSA) is 74.3 Å². The van der Waals surface area contributed by atoms with Gasteiger partial charge in [-0.05, 0) is 37.0 Å². The lowest BCUT2D eigenvalue weighted by molar-refractivity contribution is -0.117. The average molecular weight is 440 g/mol. The summed E-state index contributed by atoms with van der Waals surface area (Å²) in [6.07, 6.45) is -0.926. The van der Waals surface area contributed by atoms with Crippen molar-refractivity contribution in [1.82, 2.24) is 9.80 Å². The van der Waals surface area contributed by atoms with Crippen molar-refractivity contribution < 1.29 is 35.8 Å². The first-order valence-corrected chi connectivity index (χ1v) is 9.76. The lowest BCUT2D eigenvalue weighted by Crippen LogP contribution is -2.50. The van der Waals surface area contributed by atoms with E-state index in [0.717, 1.165) is 0 Å². The second-order valence-corrected chi connectivity index (χ2v) is 7.14. The third-order valence-electron chi connectivity index (χ3n) is 4.83. The molecule has 3 rings (SSSR count). The van der Waals surface area contributed by atoms with Gasteiger partial charge in [-0.2, -0.15) is 0 Å². The number of para-hydroxylation sites is 3. The maximum atomic E-state index is 12.9. The van der Waals surface area contributed by atoms with Crippen LogP contribution in [0.1, 0.15) is 27.6 Å². The van der Waals surface area contributed by atoms with Crippen molar-refractivity contribution in [1.29, 1.82) is 0 Å². The fourth-order valence-corrected chi connectivity index (χ4v) is 3.23. The highest BCUT2D eigenvalue weighted by Gasteiger charge is 2.21. The number of hydrogen-bond donors (Lipinski definition) is 2. The molecule has 1 aliphatic heterocycles. The van der Waals surface area contributed by atoms with Crippen molar-refractivity contribution in [3.63, 3.8) is 0 Å². The van der Waals surface area contributed by atoms with Gasteiger partial charge in [0.1, 0.15) is 12.7 Å². The van der Waals surface area contributed by atoms with E-state index in [1.807, 2.05) is 4.90 Å². The number of hydrogen-bond acceptors (Lipinski definition) is 6. The molecule has 168 valence electrons. The summed E-state index contributed by atoms with van der Waals surface area (Å²) >= 11 is 0. The molecule has 1 saturated heterocycles. The van der Waals surface area contributed by atoms with Gasteiger partial charge in [0.25, 0.3) is 0 Å². The van der Waals surface area contributed by atoms with Crippen LogP contribution in [0, 0.1) is 13.7 Å². The predicted molar refractivity (Wildman–Crippen MR) is 122 cm³/mol. The zero-order valence-corrected chi connectivity index (χ0v) is 16.9. The number of aliphatic hydroxyl groups excluding tert-OH is 1. The van der Waals surface area contributed by atoms with E-state index < -0.39 is 67.7 Å². The maximum Gasteiger partial charge on any atom is 0.238 e. The number of carbonyl (C=O) groups excluding carboxylic acids is 1. The fourth-order valence-electron chi connectivity index (χ4n) is 3.23. The number of nitrogens with one attached hydrogen (secondary N) is 1. The van der Waals surface area contributed by atoms with Crippen LogP contribution in [0.4, 0.5) is 5.69 Å². The molecule has 1 amide bonds. The highest BCUT2D eigenvalue weighted by Crippen LogP contribution is 2.25. The van der Waals surface area contributed by atoms with E-state index in [-0.39, 0.29) is 31.2 Å². The maximum absolute atomic E-state index is 12.9. The van der Waals surface area contributed by atoms with Crippen LogP contribution >= 0.6 is 0 Å². The van der Waals surface area contributed by atoms with E-state index in [1.165, 1.54) is 12.1 Å². The molecule has 2 N–H and O–H groups in total. The molecule has 0 saturated carbocycles. The zero-order chi connectivity index (χ0) is 32.3. The second-order valence-electron chi connectivity index (χ2n) is 7.14. The van der Waals surface area contributed by atoms with Crippen LogP contribution in [0.15, 0.2) is 42.4 Å². The fraction of sp³-hybridized carbons (Fsp3) is 0.458. The van der Waals surface area contributed by atoms with Crippen LogP contribution in [-0.2, 0) is 4.79 Å². The first-order valence-electron chi connectivity index (χ1n) is 15.8. The third-order valence-corrected chi connectivity index (χ3v) is 4.83. The molecule has 0 aliphatic carbocycles. The molecule has 31 heavy (non-hydrogen) atoms. The summed E-state index contributed by atoms with van der Waals surface area (Å²) in [7, 11) is -2.66. The summed E-state index contributed by atoms with van der Waals surface area (Å²) in [6, 6.07) is 3.65. The first-order chi connectivity index (χ1) is 19.8. The van der Waals surface area contributed by atoms with Gasteiger partial charge in [-0.25, -0.2) is 0 Å². The van der Waals surface area contributed by atoms with Crippen molar-refractivity contribution in [2.45, 2.75) is 19.8 Å². The molecule has 1 aliphatic rings. The Hall–Kier alpha value is -2.61. The predicted octanol–water partition coefficient (Wildman–Crippen LogP) is 2.31. The molecule has 2 aromatic carbocycles. The lowest BCUT2D eigenvalue weighted by Gasteiger charge is -2.35. The van der Waals surface area contributed by atoms with Gasteiger partial charge in [-0.3, -0.25) is 14.6 Å². The van der Waals surface area contributed by atoms with Crippen molar-refractivity contribution in [3.05, 3.63) is 53.5 Å². The number of benzene rings is 2. The van der Waals surface area contributed by atoms with E-state index in [0.29, 0.717) is 26.2 Å². The largest absolute Gasteiger partial charge is 0.493 e. The Kier molecular flexibility index (Phi) is 4.26. The van der Waals surface area contributed by atoms with Gasteiger partial charge in [0.2, 0.25) is 5.91 Å². The molecule has 1 heterocycles. The minimum Gasteiger partial charge on any atom is -0.493 e. The molecule has 0 radical (unpaired) electrons. The summed E-state index contributed by atoms with van der Waals surface area (Å²) in [6.45, 7) is -4.52. The summed E-state index contributed by atoms with van der Waals surface area (Å²) in [5, 5.41) is 12.8. The van der Waals surface area contributed by atoms with Crippen LogP contribution in [0.25, 0.3) is 0 Å². The van der Waals surface area contributed by atoms with Gasteiger partial charge in [-0.15, -0.1) is 0 Å².